The highest BCUT2D eigenvalue weighted by Crippen LogP contribution is 2.20. The van der Waals surface area contributed by atoms with Crippen molar-refractivity contribution in [2.24, 2.45) is 0 Å². The van der Waals surface area contributed by atoms with E-state index in [1.165, 1.54) is 19.3 Å². The summed E-state index contributed by atoms with van der Waals surface area (Å²) in [5, 5.41) is 0.890. The number of carbonyl (C=O) groups excluding carboxylic acids is 1. The first kappa shape index (κ1) is 17.7. The topological polar surface area (TPSA) is 45.3 Å². The summed E-state index contributed by atoms with van der Waals surface area (Å²) < 4.78 is 18.2. The average molecular weight is 352 g/mol. The summed E-state index contributed by atoms with van der Waals surface area (Å²) in [6.45, 7) is 1.36. The maximum atomic E-state index is 13.5. The van der Waals surface area contributed by atoms with Crippen molar-refractivity contribution in [2.75, 3.05) is 13.7 Å². The van der Waals surface area contributed by atoms with E-state index in [0.29, 0.717) is 13.1 Å². The second-order valence-corrected chi connectivity index (χ2v) is 6.05. The number of hydrogen-bond acceptors (Lipinski definition) is 3. The van der Waals surface area contributed by atoms with Gasteiger partial charge in [0.1, 0.15) is 5.82 Å². The lowest BCUT2D eigenvalue weighted by Gasteiger charge is -2.20. The number of nitrogens with zero attached hydrogens (tertiary/aromatic N) is 1. The van der Waals surface area contributed by atoms with Crippen LogP contribution in [0.4, 0.5) is 4.39 Å². The summed E-state index contributed by atoms with van der Waals surface area (Å²) in [7, 11) is 1.36. The summed E-state index contributed by atoms with van der Waals surface area (Å²) in [6, 6.07) is 14.8. The normalized spacial score (nSPS) is 11.2. The van der Waals surface area contributed by atoms with Crippen molar-refractivity contribution in [1.29, 1.82) is 0 Å². The van der Waals surface area contributed by atoms with Crippen LogP contribution in [0.15, 0.2) is 67.0 Å². The number of ether oxygens (including phenoxy) is 1. The molecule has 26 heavy (non-hydrogen) atoms. The first-order chi connectivity index (χ1) is 12.7. The van der Waals surface area contributed by atoms with Gasteiger partial charge in [-0.2, -0.15) is 0 Å². The Morgan fingerprint density at radius 2 is 2.04 bits per heavy atom. The molecule has 0 radical (unpaired) electrons. The van der Waals surface area contributed by atoms with Gasteiger partial charge in [0.15, 0.2) is 0 Å². The first-order valence-electron chi connectivity index (χ1n) is 8.45. The second kappa shape index (κ2) is 8.34. The molecule has 134 valence electrons. The van der Waals surface area contributed by atoms with Crippen molar-refractivity contribution in [3.05, 3.63) is 83.9 Å². The van der Waals surface area contributed by atoms with E-state index in [0.717, 1.165) is 28.5 Å². The van der Waals surface area contributed by atoms with E-state index in [9.17, 15) is 9.18 Å². The summed E-state index contributed by atoms with van der Waals surface area (Å²) in [5.41, 5.74) is 3.11. The molecule has 0 aliphatic rings. The van der Waals surface area contributed by atoms with Crippen molar-refractivity contribution in [3.8, 4) is 0 Å². The van der Waals surface area contributed by atoms with Gasteiger partial charge in [0, 0.05) is 42.5 Å². The molecule has 0 unspecified atom stereocenters. The second-order valence-electron chi connectivity index (χ2n) is 6.05. The molecule has 1 heterocycles. The molecule has 3 rings (SSSR count). The van der Waals surface area contributed by atoms with Gasteiger partial charge in [-0.05, 0) is 35.7 Å². The molecule has 0 aliphatic heterocycles. The van der Waals surface area contributed by atoms with Gasteiger partial charge in [-0.15, -0.1) is 0 Å². The molecule has 0 saturated carbocycles. The van der Waals surface area contributed by atoms with Gasteiger partial charge >= 0.3 is 5.97 Å². The van der Waals surface area contributed by atoms with E-state index < -0.39 is 5.97 Å². The van der Waals surface area contributed by atoms with E-state index in [4.69, 9.17) is 0 Å². The molecular formula is C21H21FN2O2. The molecule has 3 aromatic rings. The summed E-state index contributed by atoms with van der Waals surface area (Å²) in [4.78, 5) is 16.6. The highest BCUT2D eigenvalue weighted by Gasteiger charge is 2.08. The largest absolute Gasteiger partial charge is 0.466 e. The average Bonchev–Trinajstić information content (AvgIpc) is 3.06. The number of nitrogens with one attached hydrogen (secondary N) is 1. The third kappa shape index (κ3) is 4.51. The minimum atomic E-state index is -0.391. The molecule has 0 atom stereocenters. The third-order valence-electron chi connectivity index (χ3n) is 4.25. The number of rotatable bonds is 7. The minimum Gasteiger partial charge on any atom is -0.466 e. The fourth-order valence-corrected chi connectivity index (χ4v) is 2.88. The monoisotopic (exact) mass is 352 g/mol. The van der Waals surface area contributed by atoms with Crippen LogP contribution in [-0.4, -0.2) is 29.5 Å². The number of benzene rings is 2. The van der Waals surface area contributed by atoms with Crippen LogP contribution in [0.3, 0.4) is 0 Å². The number of fused-ring (bicyclic) bond motifs is 1. The van der Waals surface area contributed by atoms with Crippen molar-refractivity contribution >= 4 is 16.9 Å². The molecule has 0 bridgehead atoms. The maximum Gasteiger partial charge on any atom is 0.331 e. The number of aromatic amines is 1. The van der Waals surface area contributed by atoms with Crippen LogP contribution in [0.2, 0.25) is 0 Å². The zero-order chi connectivity index (χ0) is 18.4. The zero-order valence-electron chi connectivity index (χ0n) is 14.6. The molecule has 0 aliphatic carbocycles. The summed E-state index contributed by atoms with van der Waals surface area (Å²) in [5.74, 6) is -0.637. The Morgan fingerprint density at radius 1 is 1.23 bits per heavy atom. The van der Waals surface area contributed by atoms with Gasteiger partial charge in [-0.1, -0.05) is 30.3 Å². The fourth-order valence-electron chi connectivity index (χ4n) is 2.88. The van der Waals surface area contributed by atoms with Crippen LogP contribution < -0.4 is 0 Å². The Labute approximate surface area is 151 Å². The van der Waals surface area contributed by atoms with Gasteiger partial charge in [0.25, 0.3) is 0 Å². The highest BCUT2D eigenvalue weighted by molar-refractivity contribution is 5.83. The fraction of sp³-hybridized carbons (Fsp3) is 0.190. The first-order valence-corrected chi connectivity index (χ1v) is 8.45. The van der Waals surface area contributed by atoms with Crippen LogP contribution in [0, 0.1) is 5.82 Å². The molecule has 5 heteroatoms. The maximum absolute atomic E-state index is 13.5. The van der Waals surface area contributed by atoms with Crippen LogP contribution in [0.1, 0.15) is 11.1 Å². The van der Waals surface area contributed by atoms with Crippen molar-refractivity contribution in [2.45, 2.75) is 13.0 Å². The van der Waals surface area contributed by atoms with E-state index in [1.54, 1.807) is 18.3 Å². The molecule has 1 N–H and O–H groups in total. The number of esters is 1. The SMILES string of the molecule is COC(=O)/C=C/N(CCc1c[nH]c2ccc(F)cc12)Cc1ccccc1. The molecule has 0 spiro atoms. The zero-order valence-corrected chi connectivity index (χ0v) is 14.6. The van der Waals surface area contributed by atoms with E-state index >= 15 is 0 Å². The molecule has 4 nitrogen and oxygen atoms in total. The van der Waals surface area contributed by atoms with E-state index in [1.807, 2.05) is 41.4 Å². The van der Waals surface area contributed by atoms with Crippen LogP contribution >= 0.6 is 0 Å². The van der Waals surface area contributed by atoms with Crippen molar-refractivity contribution < 1.29 is 13.9 Å². The number of methoxy groups -OCH3 is 1. The van der Waals surface area contributed by atoms with E-state index in [-0.39, 0.29) is 5.82 Å². The lowest BCUT2D eigenvalue weighted by molar-refractivity contribution is -0.134. The molecule has 1 aromatic heterocycles. The molecular weight excluding hydrogens is 331 g/mol. The number of halogens is 1. The van der Waals surface area contributed by atoms with Crippen molar-refractivity contribution in [3.63, 3.8) is 0 Å². The minimum absolute atomic E-state index is 0.245. The lowest BCUT2D eigenvalue weighted by atomic mass is 10.1. The van der Waals surface area contributed by atoms with Gasteiger partial charge in [-0.25, -0.2) is 9.18 Å². The van der Waals surface area contributed by atoms with Gasteiger partial charge in [0.2, 0.25) is 0 Å². The molecule has 0 fully saturated rings. The quantitative estimate of drug-likeness (QED) is 0.516. The van der Waals surface area contributed by atoms with Crippen molar-refractivity contribution in [1.82, 2.24) is 9.88 Å². The molecule has 0 saturated heterocycles. The lowest BCUT2D eigenvalue weighted by Crippen LogP contribution is -2.20. The summed E-state index contributed by atoms with van der Waals surface area (Å²) in [6.07, 6.45) is 5.79. The predicted molar refractivity (Wildman–Crippen MR) is 100.0 cm³/mol. The van der Waals surface area contributed by atoms with Crippen LogP contribution in [0.25, 0.3) is 10.9 Å². The summed E-state index contributed by atoms with van der Waals surface area (Å²) >= 11 is 0. The Kier molecular flexibility index (Phi) is 5.69. The smallest absolute Gasteiger partial charge is 0.331 e. The number of hydrogen-bond donors (Lipinski definition) is 1. The van der Waals surface area contributed by atoms with E-state index in [2.05, 4.69) is 9.72 Å². The van der Waals surface area contributed by atoms with Crippen LogP contribution in [0.5, 0.6) is 0 Å². The Balaban J connectivity index is 1.74. The Morgan fingerprint density at radius 3 is 2.81 bits per heavy atom. The van der Waals surface area contributed by atoms with Gasteiger partial charge in [-0.3, -0.25) is 0 Å². The third-order valence-corrected chi connectivity index (χ3v) is 4.25. The standard InChI is InChI=1S/C21H21FN2O2/c1-26-21(25)10-12-24(15-16-5-3-2-4-6-16)11-9-17-14-23-20-8-7-18(22)13-19(17)20/h2-8,10,12-14,23H,9,11,15H2,1H3/b12-10+. The molecule has 2 aromatic carbocycles. The highest BCUT2D eigenvalue weighted by atomic mass is 19.1. The van der Waals surface area contributed by atoms with Gasteiger partial charge < -0.3 is 14.6 Å². The van der Waals surface area contributed by atoms with Gasteiger partial charge in [0.05, 0.1) is 7.11 Å². The number of carbonyl (C=O) groups is 1. The number of H-pyrrole nitrogens is 1. The molecule has 0 amide bonds. The predicted octanol–water partition coefficient (Wildman–Crippen LogP) is 4.04. The Hall–Kier alpha value is -3.08. The number of aromatic nitrogens is 1. The van der Waals surface area contributed by atoms with Crippen LogP contribution in [-0.2, 0) is 22.5 Å². The Bertz CT molecular complexity index is 903.